The summed E-state index contributed by atoms with van der Waals surface area (Å²) in [6.45, 7) is 3.41. The maximum Gasteiger partial charge on any atom is 0.126 e. The molecule has 37 heavy (non-hydrogen) atoms. The molecule has 5 aromatic rings. The second-order valence-electron chi connectivity index (χ2n) is 9.83. The number of rotatable bonds is 7. The van der Waals surface area contributed by atoms with E-state index in [0.717, 1.165) is 76.3 Å². The van der Waals surface area contributed by atoms with Gasteiger partial charge in [0.25, 0.3) is 0 Å². The molecule has 0 radical (unpaired) electrons. The van der Waals surface area contributed by atoms with Gasteiger partial charge in [0.05, 0.1) is 11.3 Å². The Morgan fingerprint density at radius 2 is 2.03 bits per heavy atom. The fourth-order valence-electron chi connectivity index (χ4n) is 5.32. The Labute approximate surface area is 220 Å². The van der Waals surface area contributed by atoms with E-state index < -0.39 is 0 Å². The Morgan fingerprint density at radius 1 is 1.14 bits per heavy atom. The van der Waals surface area contributed by atoms with E-state index >= 15 is 0 Å². The van der Waals surface area contributed by atoms with Gasteiger partial charge in [-0.15, -0.1) is 11.3 Å². The topological polar surface area (TPSA) is 88.0 Å². The van der Waals surface area contributed by atoms with E-state index in [1.54, 1.807) is 17.5 Å². The minimum Gasteiger partial charge on any atom is -0.396 e. The van der Waals surface area contributed by atoms with Crippen molar-refractivity contribution < 1.29 is 5.11 Å². The molecule has 3 aromatic heterocycles. The number of hydrogen-bond donors (Lipinski definition) is 3. The Kier molecular flexibility index (Phi) is 6.62. The molecular formula is C30H29N5OS. The number of nitrogens with one attached hydrogen (secondary N) is 2. The van der Waals surface area contributed by atoms with Crippen LogP contribution >= 0.6 is 11.3 Å². The van der Waals surface area contributed by atoms with Gasteiger partial charge in [-0.25, -0.2) is 4.98 Å². The molecule has 1 saturated heterocycles. The average Bonchev–Trinajstić information content (AvgIpc) is 3.57. The summed E-state index contributed by atoms with van der Waals surface area (Å²) in [7, 11) is 0. The van der Waals surface area contributed by atoms with Gasteiger partial charge < -0.3 is 15.4 Å². The highest BCUT2D eigenvalue weighted by Crippen LogP contribution is 2.39. The number of aliphatic hydroxyl groups excluding tert-OH is 1. The molecule has 1 fully saturated rings. The second kappa shape index (κ2) is 10.3. The molecule has 6 nitrogen and oxygen atoms in total. The number of benzene rings is 2. The van der Waals surface area contributed by atoms with Crippen LogP contribution in [-0.2, 0) is 6.54 Å². The van der Waals surface area contributed by atoms with Crippen LogP contribution in [0.25, 0.3) is 31.6 Å². The van der Waals surface area contributed by atoms with Gasteiger partial charge >= 0.3 is 0 Å². The van der Waals surface area contributed by atoms with Crippen LogP contribution in [0.3, 0.4) is 0 Å². The van der Waals surface area contributed by atoms with Crippen molar-refractivity contribution in [3.63, 3.8) is 0 Å². The van der Waals surface area contributed by atoms with Gasteiger partial charge in [-0.3, -0.25) is 4.90 Å². The number of anilines is 2. The molecule has 2 aromatic carbocycles. The highest BCUT2D eigenvalue weighted by molar-refractivity contribution is 7.22. The van der Waals surface area contributed by atoms with Crippen molar-refractivity contribution in [2.45, 2.75) is 25.8 Å². The number of pyridine rings is 1. The molecule has 0 aliphatic carbocycles. The third-order valence-electron chi connectivity index (χ3n) is 7.37. The molecule has 3 N–H and O–H groups in total. The van der Waals surface area contributed by atoms with Crippen molar-refractivity contribution in [3.05, 3.63) is 78.1 Å². The standard InChI is InChI=1S/C30H29N5OS/c31-17-24-18-33-30-26(29(24)34-25-4-5-27-22(15-25)6-10-32-27)16-28(37-30)23-3-1-2-21(14-23)19-35-11-7-20(8-12-35)9-13-36/h1-6,10,14-16,18,20,32,36H,7-9,11-13,19H2,(H,33,34). The number of fused-ring (bicyclic) bond motifs is 2. The van der Waals surface area contributed by atoms with E-state index in [-0.39, 0.29) is 0 Å². The van der Waals surface area contributed by atoms with Crippen LogP contribution in [0.15, 0.2) is 67.0 Å². The van der Waals surface area contributed by atoms with Gasteiger partial charge in [0.1, 0.15) is 10.9 Å². The second-order valence-corrected chi connectivity index (χ2v) is 10.9. The van der Waals surface area contributed by atoms with E-state index in [4.69, 9.17) is 0 Å². The molecule has 0 spiro atoms. The summed E-state index contributed by atoms with van der Waals surface area (Å²) >= 11 is 1.66. The van der Waals surface area contributed by atoms with Gasteiger partial charge in [-0.1, -0.05) is 18.2 Å². The number of nitrogens with zero attached hydrogens (tertiary/aromatic N) is 3. The molecule has 6 rings (SSSR count). The van der Waals surface area contributed by atoms with Crippen molar-refractivity contribution >= 4 is 43.8 Å². The summed E-state index contributed by atoms with van der Waals surface area (Å²) < 4.78 is 0. The van der Waals surface area contributed by atoms with Crippen LogP contribution in [0.1, 0.15) is 30.4 Å². The number of piperidine rings is 1. The van der Waals surface area contributed by atoms with Crippen LogP contribution in [0.5, 0.6) is 0 Å². The van der Waals surface area contributed by atoms with Crippen LogP contribution in [0.2, 0.25) is 0 Å². The molecule has 0 amide bonds. The molecule has 4 heterocycles. The van der Waals surface area contributed by atoms with Crippen LogP contribution in [0, 0.1) is 17.2 Å². The van der Waals surface area contributed by atoms with Crippen molar-refractivity contribution in [2.24, 2.45) is 5.92 Å². The minimum absolute atomic E-state index is 0.298. The molecule has 0 saturated carbocycles. The monoisotopic (exact) mass is 507 g/mol. The van der Waals surface area contributed by atoms with Gasteiger partial charge in [-0.05, 0) is 85.8 Å². The molecule has 0 unspecified atom stereocenters. The van der Waals surface area contributed by atoms with Gasteiger partial charge in [0, 0.05) is 52.4 Å². The van der Waals surface area contributed by atoms with E-state index in [2.05, 4.69) is 62.7 Å². The number of hydrogen-bond acceptors (Lipinski definition) is 6. The largest absolute Gasteiger partial charge is 0.396 e. The maximum absolute atomic E-state index is 9.81. The zero-order valence-corrected chi connectivity index (χ0v) is 21.4. The Hall–Kier alpha value is -3.70. The van der Waals surface area contributed by atoms with Crippen LogP contribution in [0.4, 0.5) is 11.4 Å². The lowest BCUT2D eigenvalue weighted by atomic mass is 9.93. The van der Waals surface area contributed by atoms with Gasteiger partial charge in [0.2, 0.25) is 0 Å². The zero-order chi connectivity index (χ0) is 25.2. The van der Waals surface area contributed by atoms with Gasteiger partial charge in [0.15, 0.2) is 0 Å². The van der Waals surface area contributed by atoms with Crippen molar-refractivity contribution in [1.29, 1.82) is 5.26 Å². The molecule has 7 heteroatoms. The molecular weight excluding hydrogens is 478 g/mol. The molecule has 0 bridgehead atoms. The first kappa shape index (κ1) is 23.7. The normalized spacial score (nSPS) is 14.8. The molecule has 1 aliphatic rings. The molecule has 186 valence electrons. The lowest BCUT2D eigenvalue weighted by molar-refractivity contribution is 0.153. The van der Waals surface area contributed by atoms with Crippen LogP contribution in [-0.4, -0.2) is 39.7 Å². The summed E-state index contributed by atoms with van der Waals surface area (Å²) in [5, 5.41) is 24.6. The summed E-state index contributed by atoms with van der Waals surface area (Å²) in [6.07, 6.45) is 6.84. The first-order chi connectivity index (χ1) is 18.2. The predicted molar refractivity (Wildman–Crippen MR) is 151 cm³/mol. The summed E-state index contributed by atoms with van der Waals surface area (Å²) in [5.74, 6) is 0.657. The van der Waals surface area contributed by atoms with E-state index in [1.165, 1.54) is 11.1 Å². The Morgan fingerprint density at radius 3 is 2.86 bits per heavy atom. The van der Waals surface area contributed by atoms with E-state index in [1.807, 2.05) is 24.4 Å². The number of aromatic amines is 1. The summed E-state index contributed by atoms with van der Waals surface area (Å²) in [4.78, 5) is 12.4. The number of aromatic nitrogens is 2. The van der Waals surface area contributed by atoms with Crippen molar-refractivity contribution in [3.8, 4) is 16.5 Å². The molecule has 0 atom stereocenters. The lowest BCUT2D eigenvalue weighted by Gasteiger charge is -2.31. The summed E-state index contributed by atoms with van der Waals surface area (Å²) in [5.41, 5.74) is 5.83. The Balaban J connectivity index is 1.27. The third-order valence-corrected chi connectivity index (χ3v) is 8.46. The fraction of sp³-hybridized carbons (Fsp3) is 0.267. The van der Waals surface area contributed by atoms with Crippen LogP contribution < -0.4 is 5.32 Å². The number of likely N-dealkylation sites (tertiary alicyclic amines) is 1. The SMILES string of the molecule is N#Cc1cnc2sc(-c3cccc(CN4CCC(CCO)CC4)c3)cc2c1Nc1ccc2[nH]ccc2c1. The predicted octanol–water partition coefficient (Wildman–Crippen LogP) is 6.65. The first-order valence-corrected chi connectivity index (χ1v) is 13.6. The molecule has 1 aliphatic heterocycles. The smallest absolute Gasteiger partial charge is 0.126 e. The third kappa shape index (κ3) is 4.96. The van der Waals surface area contributed by atoms with Gasteiger partial charge in [-0.2, -0.15) is 5.26 Å². The number of thiophene rings is 1. The number of aliphatic hydroxyl groups is 1. The zero-order valence-electron chi connectivity index (χ0n) is 20.6. The van der Waals surface area contributed by atoms with Crippen molar-refractivity contribution in [1.82, 2.24) is 14.9 Å². The lowest BCUT2D eigenvalue weighted by Crippen LogP contribution is -2.33. The van der Waals surface area contributed by atoms with E-state index in [0.29, 0.717) is 18.1 Å². The first-order valence-electron chi connectivity index (χ1n) is 12.8. The minimum atomic E-state index is 0.298. The summed E-state index contributed by atoms with van der Waals surface area (Å²) in [6, 6.07) is 21.4. The highest BCUT2D eigenvalue weighted by atomic mass is 32.1. The Bertz CT molecular complexity index is 1590. The maximum atomic E-state index is 9.81. The average molecular weight is 508 g/mol. The number of nitriles is 1. The van der Waals surface area contributed by atoms with Crippen molar-refractivity contribution in [2.75, 3.05) is 25.0 Å². The quantitative estimate of drug-likeness (QED) is 0.229. The van der Waals surface area contributed by atoms with E-state index in [9.17, 15) is 10.4 Å². The number of H-pyrrole nitrogens is 1. The highest BCUT2D eigenvalue weighted by Gasteiger charge is 2.19. The fourth-order valence-corrected chi connectivity index (χ4v) is 6.33.